The SMILES string of the molecule is COC(=O)CCCn1cc(CF)nn1. The lowest BCUT2D eigenvalue weighted by molar-refractivity contribution is -0.140. The minimum atomic E-state index is -0.614. The maximum Gasteiger partial charge on any atom is 0.305 e. The molecule has 1 aromatic heterocycles. The molecule has 0 fully saturated rings. The first-order valence-corrected chi connectivity index (χ1v) is 4.28. The van der Waals surface area contributed by atoms with Crippen LogP contribution in [0.2, 0.25) is 0 Å². The molecule has 0 radical (unpaired) electrons. The minimum Gasteiger partial charge on any atom is -0.469 e. The van der Waals surface area contributed by atoms with E-state index in [-0.39, 0.29) is 5.97 Å². The summed E-state index contributed by atoms with van der Waals surface area (Å²) in [6.07, 6.45) is 2.47. The first kappa shape index (κ1) is 10.6. The Labute approximate surface area is 80.9 Å². The van der Waals surface area contributed by atoms with E-state index >= 15 is 0 Å². The molecule has 0 atom stereocenters. The Morgan fingerprint density at radius 3 is 3.07 bits per heavy atom. The van der Waals surface area contributed by atoms with E-state index in [4.69, 9.17) is 0 Å². The van der Waals surface area contributed by atoms with Crippen molar-refractivity contribution >= 4 is 5.97 Å². The zero-order valence-corrected chi connectivity index (χ0v) is 7.94. The second-order valence-corrected chi connectivity index (χ2v) is 2.79. The van der Waals surface area contributed by atoms with E-state index in [2.05, 4.69) is 15.0 Å². The molecule has 5 nitrogen and oxygen atoms in total. The standard InChI is InChI=1S/C8H12FN3O2/c1-14-8(13)3-2-4-12-6-7(5-9)10-11-12/h6H,2-5H2,1H3. The molecule has 0 saturated carbocycles. The Kier molecular flexibility index (Phi) is 4.03. The van der Waals surface area contributed by atoms with E-state index < -0.39 is 6.67 Å². The van der Waals surface area contributed by atoms with Crippen LogP contribution in [0.1, 0.15) is 18.5 Å². The molecule has 0 spiro atoms. The van der Waals surface area contributed by atoms with Gasteiger partial charge in [-0.15, -0.1) is 5.10 Å². The fourth-order valence-corrected chi connectivity index (χ4v) is 0.996. The van der Waals surface area contributed by atoms with Crippen molar-refractivity contribution in [3.63, 3.8) is 0 Å². The van der Waals surface area contributed by atoms with Crippen LogP contribution < -0.4 is 0 Å². The summed E-state index contributed by atoms with van der Waals surface area (Å²) in [6, 6.07) is 0. The normalized spacial score (nSPS) is 10.1. The third-order valence-corrected chi connectivity index (χ3v) is 1.72. The average molecular weight is 201 g/mol. The number of aromatic nitrogens is 3. The monoisotopic (exact) mass is 201 g/mol. The molecule has 78 valence electrons. The van der Waals surface area contributed by atoms with Crippen LogP contribution in [0.5, 0.6) is 0 Å². The van der Waals surface area contributed by atoms with Gasteiger partial charge in [0.15, 0.2) is 0 Å². The van der Waals surface area contributed by atoms with Gasteiger partial charge in [0.2, 0.25) is 0 Å². The molecule has 1 rings (SSSR count). The van der Waals surface area contributed by atoms with E-state index in [1.807, 2.05) is 0 Å². The highest BCUT2D eigenvalue weighted by molar-refractivity contribution is 5.68. The van der Waals surface area contributed by atoms with Crippen molar-refractivity contribution in [1.29, 1.82) is 0 Å². The van der Waals surface area contributed by atoms with Gasteiger partial charge in [0, 0.05) is 13.0 Å². The van der Waals surface area contributed by atoms with Crippen molar-refractivity contribution in [1.82, 2.24) is 15.0 Å². The number of halogens is 1. The maximum atomic E-state index is 12.1. The molecule has 0 bridgehead atoms. The largest absolute Gasteiger partial charge is 0.469 e. The van der Waals surface area contributed by atoms with Crippen LogP contribution >= 0.6 is 0 Å². The minimum absolute atomic E-state index is 0.254. The molecule has 6 heteroatoms. The number of esters is 1. The Bertz CT molecular complexity index is 301. The van der Waals surface area contributed by atoms with Gasteiger partial charge in [0.1, 0.15) is 12.4 Å². The molecule has 0 aromatic carbocycles. The molecule has 0 aliphatic rings. The van der Waals surface area contributed by atoms with Crippen LogP contribution in [0.25, 0.3) is 0 Å². The summed E-state index contributed by atoms with van der Waals surface area (Å²) in [5, 5.41) is 7.26. The number of nitrogens with zero attached hydrogens (tertiary/aromatic N) is 3. The van der Waals surface area contributed by atoms with Gasteiger partial charge < -0.3 is 4.74 Å². The highest BCUT2D eigenvalue weighted by Crippen LogP contribution is 1.99. The van der Waals surface area contributed by atoms with Gasteiger partial charge in [-0.2, -0.15) is 0 Å². The van der Waals surface area contributed by atoms with E-state index in [1.54, 1.807) is 0 Å². The molecular formula is C8H12FN3O2. The molecule has 0 unspecified atom stereocenters. The molecule has 0 aliphatic carbocycles. The van der Waals surface area contributed by atoms with Crippen molar-refractivity contribution in [2.75, 3.05) is 7.11 Å². The predicted molar refractivity (Wildman–Crippen MR) is 46.1 cm³/mol. The van der Waals surface area contributed by atoms with Crippen LogP contribution in [0.4, 0.5) is 4.39 Å². The second kappa shape index (κ2) is 5.31. The molecule has 14 heavy (non-hydrogen) atoms. The Hall–Kier alpha value is -1.46. The number of carbonyl (C=O) groups is 1. The van der Waals surface area contributed by atoms with Gasteiger partial charge in [-0.05, 0) is 6.42 Å². The number of hydrogen-bond acceptors (Lipinski definition) is 4. The number of aryl methyl sites for hydroxylation is 1. The fraction of sp³-hybridized carbons (Fsp3) is 0.625. The summed E-state index contributed by atoms with van der Waals surface area (Å²) < 4.78 is 18.0. The van der Waals surface area contributed by atoms with Gasteiger partial charge in [-0.25, -0.2) is 4.39 Å². The van der Waals surface area contributed by atoms with Crippen molar-refractivity contribution in [3.8, 4) is 0 Å². The lowest BCUT2D eigenvalue weighted by Gasteiger charge is -1.98. The molecule has 1 aromatic rings. The molecular weight excluding hydrogens is 189 g/mol. The van der Waals surface area contributed by atoms with E-state index in [0.29, 0.717) is 25.1 Å². The third-order valence-electron chi connectivity index (χ3n) is 1.72. The van der Waals surface area contributed by atoms with Crippen molar-refractivity contribution in [2.45, 2.75) is 26.1 Å². The summed E-state index contributed by atoms with van der Waals surface area (Å²) in [5.41, 5.74) is 0.308. The zero-order valence-electron chi connectivity index (χ0n) is 7.94. The van der Waals surface area contributed by atoms with Gasteiger partial charge >= 0.3 is 5.97 Å². The summed E-state index contributed by atoms with van der Waals surface area (Å²) in [7, 11) is 1.35. The van der Waals surface area contributed by atoms with Crippen molar-refractivity contribution < 1.29 is 13.9 Å². The number of hydrogen-bond donors (Lipinski definition) is 0. The van der Waals surface area contributed by atoms with Gasteiger partial charge in [0.25, 0.3) is 0 Å². The van der Waals surface area contributed by atoms with Crippen LogP contribution in [-0.4, -0.2) is 28.1 Å². The van der Waals surface area contributed by atoms with Crippen molar-refractivity contribution in [2.24, 2.45) is 0 Å². The van der Waals surface area contributed by atoms with Crippen LogP contribution in [-0.2, 0) is 22.8 Å². The number of rotatable bonds is 5. The zero-order chi connectivity index (χ0) is 10.4. The lowest BCUT2D eigenvalue weighted by Crippen LogP contribution is -2.04. The molecule has 0 amide bonds. The molecule has 0 aliphatic heterocycles. The summed E-state index contributed by atoms with van der Waals surface area (Å²) in [6.45, 7) is -0.0703. The summed E-state index contributed by atoms with van der Waals surface area (Å²) in [5.74, 6) is -0.254. The third kappa shape index (κ3) is 3.12. The highest BCUT2D eigenvalue weighted by Gasteiger charge is 2.02. The van der Waals surface area contributed by atoms with Gasteiger partial charge in [0.05, 0.1) is 13.3 Å². The topological polar surface area (TPSA) is 57.0 Å². The van der Waals surface area contributed by atoms with E-state index in [9.17, 15) is 9.18 Å². The maximum absolute atomic E-state index is 12.1. The van der Waals surface area contributed by atoms with Crippen molar-refractivity contribution in [3.05, 3.63) is 11.9 Å². The quantitative estimate of drug-likeness (QED) is 0.658. The second-order valence-electron chi connectivity index (χ2n) is 2.79. The average Bonchev–Trinajstić information content (AvgIpc) is 2.65. The number of ether oxygens (including phenoxy) is 1. The van der Waals surface area contributed by atoms with Crippen LogP contribution in [0.3, 0.4) is 0 Å². The first-order valence-electron chi connectivity index (χ1n) is 4.28. The Morgan fingerprint density at radius 2 is 2.50 bits per heavy atom. The Balaban J connectivity index is 2.27. The number of methoxy groups -OCH3 is 1. The van der Waals surface area contributed by atoms with E-state index in [0.717, 1.165) is 0 Å². The van der Waals surface area contributed by atoms with Crippen LogP contribution in [0.15, 0.2) is 6.20 Å². The molecule has 1 heterocycles. The van der Waals surface area contributed by atoms with Crippen LogP contribution in [0, 0.1) is 0 Å². The molecule has 0 saturated heterocycles. The van der Waals surface area contributed by atoms with E-state index in [1.165, 1.54) is 18.0 Å². The number of alkyl halides is 1. The molecule has 0 N–H and O–H groups in total. The summed E-state index contributed by atoms with van der Waals surface area (Å²) in [4.78, 5) is 10.7. The summed E-state index contributed by atoms with van der Waals surface area (Å²) >= 11 is 0. The number of carbonyl (C=O) groups excluding carboxylic acids is 1. The predicted octanol–water partition coefficient (Wildman–Crippen LogP) is 0.701. The smallest absolute Gasteiger partial charge is 0.305 e. The highest BCUT2D eigenvalue weighted by atomic mass is 19.1. The van der Waals surface area contributed by atoms with Gasteiger partial charge in [-0.3, -0.25) is 9.48 Å². The fourth-order valence-electron chi connectivity index (χ4n) is 0.996. The lowest BCUT2D eigenvalue weighted by atomic mass is 10.3. The first-order chi connectivity index (χ1) is 6.76. The Morgan fingerprint density at radius 1 is 1.71 bits per heavy atom. The van der Waals surface area contributed by atoms with Gasteiger partial charge in [-0.1, -0.05) is 5.21 Å².